The van der Waals surface area contributed by atoms with Crippen LogP contribution in [-0.2, 0) is 10.0 Å². The van der Waals surface area contributed by atoms with Gasteiger partial charge in [-0.05, 0) is 44.9 Å². The van der Waals surface area contributed by atoms with Gasteiger partial charge in [-0.1, -0.05) is 0 Å². The fourth-order valence-electron chi connectivity index (χ4n) is 3.26. The van der Waals surface area contributed by atoms with Crippen LogP contribution in [0, 0.1) is 0 Å². The van der Waals surface area contributed by atoms with E-state index in [4.69, 9.17) is 13.9 Å². The Morgan fingerprint density at radius 3 is 2.45 bits per heavy atom. The minimum atomic E-state index is -3.72. The molecule has 1 aromatic carbocycles. The van der Waals surface area contributed by atoms with Crippen molar-refractivity contribution < 1.29 is 27.1 Å². The maximum absolute atomic E-state index is 12.8. The molecule has 0 aliphatic carbocycles. The zero-order valence-corrected chi connectivity index (χ0v) is 17.4. The summed E-state index contributed by atoms with van der Waals surface area (Å²) in [6.07, 6.45) is 3.96. The molecule has 2 aromatic rings. The predicted octanol–water partition coefficient (Wildman–Crippen LogP) is 2.66. The first-order valence-corrected chi connectivity index (χ1v) is 11.2. The van der Waals surface area contributed by atoms with Crippen LogP contribution in [0.1, 0.15) is 37.0 Å². The lowest BCUT2D eigenvalue weighted by atomic mass is 10.1. The van der Waals surface area contributed by atoms with Gasteiger partial charge in [0.2, 0.25) is 10.0 Å². The topological polar surface area (TPSA) is 98.1 Å². The van der Waals surface area contributed by atoms with E-state index in [1.165, 1.54) is 24.7 Å². The Kier molecular flexibility index (Phi) is 6.81. The molecule has 1 aliphatic rings. The van der Waals surface area contributed by atoms with Crippen LogP contribution >= 0.6 is 0 Å². The number of carbonyl (C=O) groups excluding carboxylic acids is 1. The molecular formula is C20H26N2O6S. The van der Waals surface area contributed by atoms with E-state index in [-0.39, 0.29) is 16.8 Å². The molecule has 3 rings (SSSR count). The lowest BCUT2D eigenvalue weighted by Gasteiger charge is -2.32. The summed E-state index contributed by atoms with van der Waals surface area (Å²) in [7, 11) is -3.72. The molecule has 29 heavy (non-hydrogen) atoms. The highest BCUT2D eigenvalue weighted by atomic mass is 32.2. The average Bonchev–Trinajstić information content (AvgIpc) is 3.24. The Bertz CT molecular complexity index is 918. The molecule has 0 bridgehead atoms. The number of amides is 1. The van der Waals surface area contributed by atoms with Crippen molar-refractivity contribution in [2.75, 3.05) is 26.3 Å². The van der Waals surface area contributed by atoms with E-state index in [0.29, 0.717) is 56.2 Å². The number of sulfonamides is 1. The van der Waals surface area contributed by atoms with Gasteiger partial charge in [-0.15, -0.1) is 0 Å². The number of hydrogen-bond acceptors (Lipinski definition) is 6. The van der Waals surface area contributed by atoms with E-state index >= 15 is 0 Å². The second kappa shape index (κ2) is 9.32. The maximum atomic E-state index is 12.8. The Balaban J connectivity index is 1.64. The van der Waals surface area contributed by atoms with Crippen molar-refractivity contribution in [1.29, 1.82) is 0 Å². The van der Waals surface area contributed by atoms with Crippen LogP contribution in [0.4, 0.5) is 0 Å². The maximum Gasteiger partial charge on any atom is 0.257 e. The molecule has 9 heteroatoms. The molecule has 1 saturated heterocycles. The van der Waals surface area contributed by atoms with Crippen LogP contribution in [-0.4, -0.2) is 51.6 Å². The molecule has 8 nitrogen and oxygen atoms in total. The van der Waals surface area contributed by atoms with Crippen LogP contribution in [0.2, 0.25) is 0 Å². The van der Waals surface area contributed by atoms with Crippen LogP contribution in [0.5, 0.6) is 11.5 Å². The second-order valence-electron chi connectivity index (χ2n) is 6.67. The number of ether oxygens (including phenoxy) is 2. The molecular weight excluding hydrogens is 396 g/mol. The third-order valence-corrected chi connectivity index (χ3v) is 6.22. The van der Waals surface area contributed by atoms with E-state index in [1.54, 1.807) is 17.0 Å². The van der Waals surface area contributed by atoms with Crippen LogP contribution < -0.4 is 14.2 Å². The fourth-order valence-corrected chi connectivity index (χ4v) is 4.58. The molecule has 0 unspecified atom stereocenters. The van der Waals surface area contributed by atoms with Crippen molar-refractivity contribution in [1.82, 2.24) is 9.62 Å². The molecule has 1 N–H and O–H groups in total. The van der Waals surface area contributed by atoms with Gasteiger partial charge < -0.3 is 18.8 Å². The largest absolute Gasteiger partial charge is 0.490 e. The van der Waals surface area contributed by atoms with E-state index in [9.17, 15) is 13.2 Å². The van der Waals surface area contributed by atoms with Gasteiger partial charge in [0.15, 0.2) is 11.5 Å². The lowest BCUT2D eigenvalue weighted by molar-refractivity contribution is 0.0710. The van der Waals surface area contributed by atoms with Crippen LogP contribution in [0.25, 0.3) is 0 Å². The first kappa shape index (κ1) is 21.2. The third-order valence-electron chi connectivity index (χ3n) is 4.70. The average molecular weight is 423 g/mol. The molecule has 1 fully saturated rings. The SMILES string of the molecule is CCOc1ccc(S(=O)(=O)NC2CCN(C(=O)c3ccoc3)CC2)cc1OCC. The number of furan rings is 1. The fraction of sp³-hybridized carbons (Fsp3) is 0.450. The summed E-state index contributed by atoms with van der Waals surface area (Å²) in [5.41, 5.74) is 0.502. The number of piperidine rings is 1. The van der Waals surface area contributed by atoms with Gasteiger partial charge in [-0.2, -0.15) is 0 Å². The number of nitrogens with zero attached hydrogens (tertiary/aromatic N) is 1. The molecule has 0 atom stereocenters. The summed E-state index contributed by atoms with van der Waals surface area (Å²) in [5, 5.41) is 0. The van der Waals surface area contributed by atoms with E-state index in [2.05, 4.69) is 4.72 Å². The van der Waals surface area contributed by atoms with Gasteiger partial charge in [0.05, 0.1) is 29.9 Å². The van der Waals surface area contributed by atoms with Gasteiger partial charge in [-0.25, -0.2) is 13.1 Å². The highest BCUT2D eigenvalue weighted by Gasteiger charge is 2.28. The number of nitrogens with one attached hydrogen (secondary N) is 1. The summed E-state index contributed by atoms with van der Waals surface area (Å²) < 4.78 is 44.4. The zero-order valence-electron chi connectivity index (χ0n) is 16.6. The quantitative estimate of drug-likeness (QED) is 0.702. The van der Waals surface area contributed by atoms with Crippen molar-refractivity contribution >= 4 is 15.9 Å². The number of carbonyl (C=O) groups is 1. The standard InChI is InChI=1S/C20H26N2O6S/c1-3-27-18-6-5-17(13-19(18)28-4-2)29(24,25)21-16-7-10-22(11-8-16)20(23)15-9-12-26-14-15/h5-6,9,12-14,16,21H,3-4,7-8,10-11H2,1-2H3. The molecule has 1 amide bonds. The number of hydrogen-bond donors (Lipinski definition) is 1. The van der Waals surface area contributed by atoms with Gasteiger partial charge in [0, 0.05) is 25.2 Å². The third kappa shape index (κ3) is 5.10. The van der Waals surface area contributed by atoms with Crippen LogP contribution in [0.15, 0.2) is 46.1 Å². The van der Waals surface area contributed by atoms with Crippen molar-refractivity contribution in [2.45, 2.75) is 37.6 Å². The van der Waals surface area contributed by atoms with Gasteiger partial charge >= 0.3 is 0 Å². The summed E-state index contributed by atoms with van der Waals surface area (Å²) in [6, 6.07) is 5.98. The second-order valence-corrected chi connectivity index (χ2v) is 8.39. The Morgan fingerprint density at radius 1 is 1.14 bits per heavy atom. The van der Waals surface area contributed by atoms with E-state index in [1.807, 2.05) is 13.8 Å². The number of likely N-dealkylation sites (tertiary alicyclic amines) is 1. The Morgan fingerprint density at radius 2 is 1.83 bits per heavy atom. The molecule has 2 heterocycles. The van der Waals surface area contributed by atoms with Crippen molar-refractivity contribution in [3.63, 3.8) is 0 Å². The Labute approximate surface area is 170 Å². The molecule has 0 saturated carbocycles. The van der Waals surface area contributed by atoms with E-state index in [0.717, 1.165) is 0 Å². The van der Waals surface area contributed by atoms with Crippen molar-refractivity contribution in [2.24, 2.45) is 0 Å². The molecule has 1 aromatic heterocycles. The molecule has 1 aliphatic heterocycles. The highest BCUT2D eigenvalue weighted by molar-refractivity contribution is 7.89. The Hall–Kier alpha value is -2.52. The first-order chi connectivity index (χ1) is 13.9. The van der Waals surface area contributed by atoms with Crippen molar-refractivity contribution in [3.05, 3.63) is 42.4 Å². The normalized spacial score (nSPS) is 15.3. The monoisotopic (exact) mass is 422 g/mol. The highest BCUT2D eigenvalue weighted by Crippen LogP contribution is 2.30. The summed E-state index contributed by atoms with van der Waals surface area (Å²) in [4.78, 5) is 14.2. The van der Waals surface area contributed by atoms with Gasteiger partial charge in [-0.3, -0.25) is 4.79 Å². The zero-order chi connectivity index (χ0) is 20.9. The smallest absolute Gasteiger partial charge is 0.257 e. The van der Waals surface area contributed by atoms with Gasteiger partial charge in [0.25, 0.3) is 5.91 Å². The first-order valence-electron chi connectivity index (χ1n) is 9.68. The predicted molar refractivity (Wildman–Crippen MR) is 107 cm³/mol. The van der Waals surface area contributed by atoms with Crippen LogP contribution in [0.3, 0.4) is 0 Å². The minimum absolute atomic E-state index is 0.104. The minimum Gasteiger partial charge on any atom is -0.490 e. The van der Waals surface area contributed by atoms with E-state index < -0.39 is 10.0 Å². The summed E-state index contributed by atoms with van der Waals surface area (Å²) >= 11 is 0. The number of benzene rings is 1. The number of rotatable bonds is 8. The molecule has 0 radical (unpaired) electrons. The molecule has 0 spiro atoms. The molecule has 158 valence electrons. The lowest BCUT2D eigenvalue weighted by Crippen LogP contribution is -2.46. The summed E-state index contributed by atoms with van der Waals surface area (Å²) in [6.45, 7) is 5.50. The van der Waals surface area contributed by atoms with Gasteiger partial charge in [0.1, 0.15) is 6.26 Å². The summed E-state index contributed by atoms with van der Waals surface area (Å²) in [5.74, 6) is 0.810. The van der Waals surface area contributed by atoms with Crippen molar-refractivity contribution in [3.8, 4) is 11.5 Å².